The molecular weight excluding hydrogens is 722 g/mol. The molecule has 14 heteroatoms. The van der Waals surface area contributed by atoms with Crippen molar-refractivity contribution in [3.63, 3.8) is 0 Å². The van der Waals surface area contributed by atoms with Gasteiger partial charge in [-0.2, -0.15) is 0 Å². The minimum atomic E-state index is -3.45. The zero-order chi connectivity index (χ0) is 38.3. The van der Waals surface area contributed by atoms with E-state index in [4.69, 9.17) is 21.4 Å². The number of halogens is 1. The molecule has 1 heterocycles. The van der Waals surface area contributed by atoms with Crippen molar-refractivity contribution in [1.29, 1.82) is 0 Å². The second-order valence-electron chi connectivity index (χ2n) is 14.6. The summed E-state index contributed by atoms with van der Waals surface area (Å²) in [6.07, 6.45) is 3.20. The molecule has 0 radical (unpaired) electrons. The summed E-state index contributed by atoms with van der Waals surface area (Å²) in [5.41, 5.74) is 5.05. The van der Waals surface area contributed by atoms with Crippen LogP contribution in [0.25, 0.3) is 11.1 Å². The minimum Gasteiger partial charge on any atom is -0.490 e. The lowest BCUT2D eigenvalue weighted by molar-refractivity contribution is -0.139. The lowest BCUT2D eigenvalue weighted by atomic mass is 9.93. The standard InChI is InChI=1S/C39H52ClN3O9S/c1-25(6-5-9-36(47)43(18-19-53(2,50)51)23-33(45)37(48)38(49)34(46)24-44)26-10-13-32(40)27(20-26)21-42-39(15-16-39)31-22-41-17-14-29(31)30-7-3-4-8-35(30)52-28-11-12-28/h3-4,7-8,10,13-14,17,20,22,25,28,33-34,37-38,42,44-46,48-49H,5-6,9,11-12,15-16,18-19,21,23-24H2,1-2H3/t25?,33-,34+,37+,38+/m1/s1. The molecule has 12 nitrogen and oxygen atoms in total. The van der Waals surface area contributed by atoms with Crippen LogP contribution in [0.4, 0.5) is 0 Å². The van der Waals surface area contributed by atoms with Gasteiger partial charge in [0, 0.05) is 60.8 Å². The number of ether oxygens (including phenoxy) is 1. The Hall–Kier alpha value is -3.14. The third-order valence-electron chi connectivity index (χ3n) is 10.2. The van der Waals surface area contributed by atoms with E-state index in [-0.39, 0.29) is 36.3 Å². The van der Waals surface area contributed by atoms with Gasteiger partial charge in [-0.15, -0.1) is 0 Å². The SMILES string of the molecule is CC(CCCC(=O)N(CCS(C)(=O)=O)C[C@@H](O)[C@H](O)[C@@H](O)[C@@H](O)CO)c1ccc(Cl)c(CNC2(c3cnccc3-c3ccccc3OC3CC3)CC2)c1. The maximum absolute atomic E-state index is 13.2. The molecule has 0 bridgehead atoms. The van der Waals surface area contributed by atoms with Gasteiger partial charge >= 0.3 is 0 Å². The van der Waals surface area contributed by atoms with Gasteiger partial charge in [-0.25, -0.2) is 8.42 Å². The van der Waals surface area contributed by atoms with Crippen molar-refractivity contribution in [2.75, 3.05) is 31.7 Å². The number of sulfone groups is 1. The first kappa shape index (κ1) is 41.0. The van der Waals surface area contributed by atoms with Crippen molar-refractivity contribution in [2.45, 2.75) is 100 Å². The minimum absolute atomic E-state index is 0.0610. The van der Waals surface area contributed by atoms with Gasteiger partial charge in [-0.05, 0) is 84.9 Å². The summed E-state index contributed by atoms with van der Waals surface area (Å²) in [7, 11) is -3.45. The number of hydrogen-bond donors (Lipinski definition) is 6. The predicted molar refractivity (Wildman–Crippen MR) is 202 cm³/mol. The number of carbonyl (C=O) groups excluding carboxylic acids is 1. The summed E-state index contributed by atoms with van der Waals surface area (Å²) in [5.74, 6) is 0.176. The van der Waals surface area contributed by atoms with E-state index < -0.39 is 53.3 Å². The van der Waals surface area contributed by atoms with Gasteiger partial charge in [-0.1, -0.05) is 48.9 Å². The maximum atomic E-state index is 13.2. The molecule has 1 aromatic heterocycles. The van der Waals surface area contributed by atoms with Gasteiger partial charge in [0.1, 0.15) is 40.0 Å². The first-order valence-electron chi connectivity index (χ1n) is 18.2. The summed E-state index contributed by atoms with van der Waals surface area (Å²) >= 11 is 6.71. The van der Waals surface area contributed by atoms with Crippen molar-refractivity contribution in [2.24, 2.45) is 0 Å². The normalized spacial score (nSPS) is 18.1. The van der Waals surface area contributed by atoms with Gasteiger partial charge in [0.05, 0.1) is 18.5 Å². The van der Waals surface area contributed by atoms with Crippen LogP contribution in [0.1, 0.15) is 74.5 Å². The first-order chi connectivity index (χ1) is 25.2. The Morgan fingerprint density at radius 3 is 2.45 bits per heavy atom. The summed E-state index contributed by atoms with van der Waals surface area (Å²) in [5, 5.41) is 53.9. The number of amides is 1. The fraction of sp³-hybridized carbons (Fsp3) is 0.538. The molecule has 5 rings (SSSR count). The number of nitrogens with one attached hydrogen (secondary N) is 1. The fourth-order valence-electron chi connectivity index (χ4n) is 6.51. The van der Waals surface area contributed by atoms with Crippen molar-refractivity contribution in [1.82, 2.24) is 15.2 Å². The molecule has 2 aromatic carbocycles. The maximum Gasteiger partial charge on any atom is 0.222 e. The molecule has 1 amide bonds. The largest absolute Gasteiger partial charge is 0.490 e. The summed E-state index contributed by atoms with van der Waals surface area (Å²) < 4.78 is 30.0. The van der Waals surface area contributed by atoms with Crippen molar-refractivity contribution < 1.29 is 43.5 Å². The summed E-state index contributed by atoms with van der Waals surface area (Å²) in [6.45, 7) is 1.08. The molecule has 0 saturated heterocycles. The topological polar surface area (TPSA) is 190 Å². The van der Waals surface area contributed by atoms with Crippen LogP contribution in [-0.2, 0) is 26.7 Å². The number of pyridine rings is 1. The third-order valence-corrected chi connectivity index (χ3v) is 11.5. The Morgan fingerprint density at radius 1 is 1.06 bits per heavy atom. The van der Waals surface area contributed by atoms with Gasteiger partial charge in [0.25, 0.3) is 0 Å². The molecule has 290 valence electrons. The van der Waals surface area contributed by atoms with Crippen LogP contribution in [0.2, 0.25) is 5.02 Å². The zero-order valence-electron chi connectivity index (χ0n) is 30.3. The average molecular weight is 774 g/mol. The first-order valence-corrected chi connectivity index (χ1v) is 20.7. The average Bonchev–Trinajstić information content (AvgIpc) is 4.09. The molecule has 53 heavy (non-hydrogen) atoms. The Morgan fingerprint density at radius 2 is 1.77 bits per heavy atom. The molecule has 2 fully saturated rings. The van der Waals surface area contributed by atoms with E-state index in [9.17, 15) is 33.6 Å². The molecule has 6 N–H and O–H groups in total. The van der Waals surface area contributed by atoms with Gasteiger partial charge < -0.3 is 40.5 Å². The van der Waals surface area contributed by atoms with Crippen molar-refractivity contribution in [3.05, 3.63) is 82.6 Å². The van der Waals surface area contributed by atoms with Crippen LogP contribution < -0.4 is 10.1 Å². The Bertz CT molecular complexity index is 1800. The number of para-hydroxylation sites is 1. The predicted octanol–water partition coefficient (Wildman–Crippen LogP) is 3.31. The molecular formula is C39H52ClN3O9S. The number of rotatable bonds is 21. The van der Waals surface area contributed by atoms with Crippen LogP contribution in [0.3, 0.4) is 0 Å². The highest BCUT2D eigenvalue weighted by molar-refractivity contribution is 7.90. The smallest absolute Gasteiger partial charge is 0.222 e. The number of nitrogens with zero attached hydrogens (tertiary/aromatic N) is 2. The summed E-state index contributed by atoms with van der Waals surface area (Å²) in [4.78, 5) is 18.9. The second-order valence-corrected chi connectivity index (χ2v) is 17.2. The number of aliphatic hydroxyl groups excluding tert-OH is 5. The second kappa shape index (κ2) is 18.0. The molecule has 5 atom stereocenters. The van der Waals surface area contributed by atoms with Gasteiger partial charge in [0.2, 0.25) is 5.91 Å². The number of benzene rings is 2. The highest BCUT2D eigenvalue weighted by Gasteiger charge is 2.46. The third kappa shape index (κ3) is 11.2. The highest BCUT2D eigenvalue weighted by Crippen LogP contribution is 2.50. The number of aromatic nitrogens is 1. The van der Waals surface area contributed by atoms with E-state index in [1.165, 1.54) is 0 Å². The van der Waals surface area contributed by atoms with E-state index >= 15 is 0 Å². The van der Waals surface area contributed by atoms with Gasteiger partial charge in [0.15, 0.2) is 0 Å². The Labute approximate surface area is 316 Å². The number of carbonyl (C=O) groups is 1. The number of hydrogen-bond acceptors (Lipinski definition) is 11. The Balaban J connectivity index is 1.20. The van der Waals surface area contributed by atoms with E-state index in [1.807, 2.05) is 42.7 Å². The molecule has 2 aliphatic carbocycles. The highest BCUT2D eigenvalue weighted by atomic mass is 35.5. The van der Waals surface area contributed by atoms with Crippen molar-refractivity contribution in [3.8, 4) is 16.9 Å². The van der Waals surface area contributed by atoms with E-state index in [0.29, 0.717) is 24.4 Å². The van der Waals surface area contributed by atoms with Crippen molar-refractivity contribution >= 4 is 27.3 Å². The lowest BCUT2D eigenvalue weighted by Gasteiger charge is -2.30. The monoisotopic (exact) mass is 773 g/mol. The molecule has 2 saturated carbocycles. The van der Waals surface area contributed by atoms with Crippen LogP contribution in [-0.4, -0.2) is 112 Å². The molecule has 1 unspecified atom stereocenters. The van der Waals surface area contributed by atoms with Crippen LogP contribution in [0.5, 0.6) is 5.75 Å². The summed E-state index contributed by atoms with van der Waals surface area (Å²) in [6, 6.07) is 16.2. The van der Waals surface area contributed by atoms with Gasteiger partial charge in [-0.3, -0.25) is 9.78 Å². The molecule has 0 spiro atoms. The quantitative estimate of drug-likeness (QED) is 0.0932. The zero-order valence-corrected chi connectivity index (χ0v) is 31.8. The van der Waals surface area contributed by atoms with Crippen LogP contribution in [0, 0.1) is 0 Å². The number of aliphatic hydroxyl groups is 5. The lowest BCUT2D eigenvalue weighted by Crippen LogP contribution is -2.51. The Kier molecular flexibility index (Phi) is 13.9. The van der Waals surface area contributed by atoms with Crippen LogP contribution >= 0.6 is 11.6 Å². The fourth-order valence-corrected chi connectivity index (χ4v) is 7.25. The van der Waals surface area contributed by atoms with E-state index in [1.54, 1.807) is 0 Å². The molecule has 3 aromatic rings. The molecule has 2 aliphatic rings. The molecule has 0 aliphatic heterocycles. The van der Waals surface area contributed by atoms with E-state index in [2.05, 4.69) is 35.4 Å². The van der Waals surface area contributed by atoms with Crippen LogP contribution in [0.15, 0.2) is 60.9 Å². The van der Waals surface area contributed by atoms with E-state index in [0.717, 1.165) is 70.4 Å².